The van der Waals surface area contributed by atoms with Gasteiger partial charge in [0.1, 0.15) is 16.9 Å². The quantitative estimate of drug-likeness (QED) is 0.448. The molecular formula is C25H24N2O5S. The number of ether oxygens (including phenoxy) is 1. The van der Waals surface area contributed by atoms with Gasteiger partial charge in [-0.25, -0.2) is 8.42 Å². The highest BCUT2D eigenvalue weighted by Gasteiger charge is 2.24. The third-order valence-corrected chi connectivity index (χ3v) is 7.36. The Bertz CT molecular complexity index is 1450. The van der Waals surface area contributed by atoms with Gasteiger partial charge in [0.25, 0.3) is 15.9 Å². The highest BCUT2D eigenvalue weighted by Crippen LogP contribution is 2.31. The fourth-order valence-electron chi connectivity index (χ4n) is 4.29. The zero-order chi connectivity index (χ0) is 23.0. The van der Waals surface area contributed by atoms with E-state index in [4.69, 9.17) is 9.15 Å². The molecule has 0 radical (unpaired) electrons. The molecule has 0 bridgehead atoms. The smallest absolute Gasteiger partial charge is 0.261 e. The van der Waals surface area contributed by atoms with Gasteiger partial charge in [-0.1, -0.05) is 18.2 Å². The monoisotopic (exact) mass is 464 g/mol. The van der Waals surface area contributed by atoms with Crippen LogP contribution in [0.4, 0.5) is 5.69 Å². The van der Waals surface area contributed by atoms with Crippen molar-refractivity contribution in [1.29, 1.82) is 0 Å². The van der Waals surface area contributed by atoms with Crippen molar-refractivity contribution in [3.8, 4) is 5.75 Å². The highest BCUT2D eigenvalue weighted by molar-refractivity contribution is 7.92. The summed E-state index contributed by atoms with van der Waals surface area (Å²) < 4.78 is 40.1. The van der Waals surface area contributed by atoms with Gasteiger partial charge in [-0.3, -0.25) is 9.52 Å². The zero-order valence-electron chi connectivity index (χ0n) is 18.2. The maximum atomic E-state index is 13.2. The van der Waals surface area contributed by atoms with E-state index in [0.717, 1.165) is 35.6 Å². The number of amides is 1. The molecule has 33 heavy (non-hydrogen) atoms. The Kier molecular flexibility index (Phi) is 5.46. The number of nitrogens with zero attached hydrogens (tertiary/aromatic N) is 1. The van der Waals surface area contributed by atoms with Crippen LogP contribution in [0.5, 0.6) is 5.75 Å². The predicted octanol–water partition coefficient (Wildman–Crippen LogP) is 5.02. The van der Waals surface area contributed by atoms with E-state index in [9.17, 15) is 13.2 Å². The number of likely N-dealkylation sites (tertiary alicyclic amines) is 1. The Labute approximate surface area is 192 Å². The van der Waals surface area contributed by atoms with Gasteiger partial charge in [-0.05, 0) is 55.7 Å². The Morgan fingerprint density at radius 3 is 2.48 bits per heavy atom. The minimum atomic E-state index is -3.94. The Morgan fingerprint density at radius 1 is 0.939 bits per heavy atom. The molecule has 1 aliphatic rings. The van der Waals surface area contributed by atoms with Crippen LogP contribution in [-0.4, -0.2) is 39.4 Å². The molecule has 4 aromatic rings. The van der Waals surface area contributed by atoms with Gasteiger partial charge in [0.2, 0.25) is 0 Å². The van der Waals surface area contributed by atoms with Crippen molar-refractivity contribution < 1.29 is 22.4 Å². The van der Waals surface area contributed by atoms with Gasteiger partial charge in [0, 0.05) is 29.9 Å². The summed E-state index contributed by atoms with van der Waals surface area (Å²) >= 11 is 0. The number of carbonyl (C=O) groups excluding carboxylic acids is 1. The molecule has 1 N–H and O–H groups in total. The lowest BCUT2D eigenvalue weighted by atomic mass is 10.1. The summed E-state index contributed by atoms with van der Waals surface area (Å²) in [6, 6.07) is 17.2. The number of piperidine rings is 1. The third kappa shape index (κ3) is 4.02. The number of para-hydroxylation sites is 1. The van der Waals surface area contributed by atoms with Crippen molar-refractivity contribution in [3.05, 3.63) is 66.2 Å². The first-order valence-corrected chi connectivity index (χ1v) is 12.4. The van der Waals surface area contributed by atoms with Crippen LogP contribution in [-0.2, 0) is 10.0 Å². The summed E-state index contributed by atoms with van der Waals surface area (Å²) in [5.74, 6) is 0.139. The first-order chi connectivity index (χ1) is 16.0. The summed E-state index contributed by atoms with van der Waals surface area (Å²) in [4.78, 5) is 14.8. The van der Waals surface area contributed by atoms with E-state index < -0.39 is 10.0 Å². The van der Waals surface area contributed by atoms with Crippen LogP contribution in [0.2, 0.25) is 0 Å². The molecule has 0 saturated carbocycles. The number of methoxy groups -OCH3 is 1. The van der Waals surface area contributed by atoms with E-state index in [1.807, 2.05) is 30.3 Å². The van der Waals surface area contributed by atoms with Crippen LogP contribution in [0, 0.1) is 0 Å². The van der Waals surface area contributed by atoms with Gasteiger partial charge in [-0.2, -0.15) is 0 Å². The van der Waals surface area contributed by atoms with Crippen LogP contribution in [0.25, 0.3) is 21.9 Å². The van der Waals surface area contributed by atoms with E-state index in [2.05, 4.69) is 4.72 Å². The van der Waals surface area contributed by atoms with Crippen LogP contribution in [0.3, 0.4) is 0 Å². The lowest BCUT2D eigenvalue weighted by Crippen LogP contribution is -2.35. The number of rotatable bonds is 5. The van der Waals surface area contributed by atoms with Crippen LogP contribution < -0.4 is 9.46 Å². The average molecular weight is 465 g/mol. The summed E-state index contributed by atoms with van der Waals surface area (Å²) in [7, 11) is -2.47. The molecule has 8 heteroatoms. The molecule has 1 aromatic heterocycles. The molecule has 1 fully saturated rings. The molecule has 0 aliphatic carbocycles. The van der Waals surface area contributed by atoms with Crippen molar-refractivity contribution in [2.75, 3.05) is 24.9 Å². The van der Waals surface area contributed by atoms with E-state index >= 15 is 0 Å². The first kappa shape index (κ1) is 21.3. The molecule has 0 unspecified atom stereocenters. The van der Waals surface area contributed by atoms with Gasteiger partial charge >= 0.3 is 0 Å². The minimum Gasteiger partial charge on any atom is -0.496 e. The molecule has 1 aliphatic heterocycles. The highest BCUT2D eigenvalue weighted by atomic mass is 32.2. The SMILES string of the molecule is COc1ccc(S(=O)(=O)Nc2ccc3c(c2)oc2ccccc23)cc1C(=O)N1CCCCC1. The Hall–Kier alpha value is -3.52. The predicted molar refractivity (Wildman–Crippen MR) is 127 cm³/mol. The summed E-state index contributed by atoms with van der Waals surface area (Å²) in [5.41, 5.74) is 1.95. The molecule has 2 heterocycles. The Morgan fingerprint density at radius 2 is 1.70 bits per heavy atom. The standard InChI is InChI=1S/C25H24N2O5S/c1-31-22-12-10-18(16-21(22)25(28)27-13-5-2-6-14-27)33(29,30)26-17-9-11-20-19-7-3-4-8-23(19)32-24(20)15-17/h3-4,7-12,15-16,26H,2,5-6,13-14H2,1H3. The van der Waals surface area contributed by atoms with Crippen LogP contribution in [0.1, 0.15) is 29.6 Å². The molecule has 0 spiro atoms. The molecule has 1 amide bonds. The zero-order valence-corrected chi connectivity index (χ0v) is 19.0. The lowest BCUT2D eigenvalue weighted by Gasteiger charge is -2.27. The number of fused-ring (bicyclic) bond motifs is 3. The van der Waals surface area contributed by atoms with Crippen molar-refractivity contribution in [1.82, 2.24) is 4.90 Å². The van der Waals surface area contributed by atoms with Crippen molar-refractivity contribution in [2.24, 2.45) is 0 Å². The maximum Gasteiger partial charge on any atom is 0.261 e. The molecule has 170 valence electrons. The number of nitrogens with one attached hydrogen (secondary N) is 1. The molecule has 5 rings (SSSR count). The van der Waals surface area contributed by atoms with E-state index in [1.54, 1.807) is 17.0 Å². The van der Waals surface area contributed by atoms with Gasteiger partial charge in [0.15, 0.2) is 0 Å². The minimum absolute atomic E-state index is 0.00615. The number of hydrogen-bond acceptors (Lipinski definition) is 5. The number of anilines is 1. The topological polar surface area (TPSA) is 88.9 Å². The summed E-state index contributed by atoms with van der Waals surface area (Å²) in [5, 5.41) is 1.88. The Balaban J connectivity index is 1.46. The summed E-state index contributed by atoms with van der Waals surface area (Å²) in [6.45, 7) is 1.32. The van der Waals surface area contributed by atoms with Crippen LogP contribution >= 0.6 is 0 Å². The van der Waals surface area contributed by atoms with E-state index in [-0.39, 0.29) is 16.4 Å². The lowest BCUT2D eigenvalue weighted by molar-refractivity contribution is 0.0720. The fourth-order valence-corrected chi connectivity index (χ4v) is 5.37. The van der Waals surface area contributed by atoms with Gasteiger partial charge in [-0.15, -0.1) is 0 Å². The normalized spacial score (nSPS) is 14.5. The van der Waals surface area contributed by atoms with E-state index in [0.29, 0.717) is 30.1 Å². The summed E-state index contributed by atoms with van der Waals surface area (Å²) in [6.07, 6.45) is 2.98. The molecule has 0 atom stereocenters. The fraction of sp³-hybridized carbons (Fsp3) is 0.240. The van der Waals surface area contributed by atoms with E-state index in [1.165, 1.54) is 25.3 Å². The molecule has 7 nitrogen and oxygen atoms in total. The third-order valence-electron chi connectivity index (χ3n) is 5.99. The largest absolute Gasteiger partial charge is 0.496 e. The van der Waals surface area contributed by atoms with Crippen molar-refractivity contribution >= 4 is 43.6 Å². The van der Waals surface area contributed by atoms with Crippen LogP contribution in [0.15, 0.2) is 70.0 Å². The molecule has 3 aromatic carbocycles. The second-order valence-electron chi connectivity index (χ2n) is 8.13. The second-order valence-corrected chi connectivity index (χ2v) is 9.81. The number of hydrogen-bond donors (Lipinski definition) is 1. The number of carbonyl (C=O) groups is 1. The molecule has 1 saturated heterocycles. The van der Waals surface area contributed by atoms with Gasteiger partial charge < -0.3 is 14.1 Å². The number of furan rings is 1. The molecular weight excluding hydrogens is 440 g/mol. The number of benzene rings is 3. The first-order valence-electron chi connectivity index (χ1n) is 10.9. The van der Waals surface area contributed by atoms with Crippen molar-refractivity contribution in [2.45, 2.75) is 24.2 Å². The average Bonchev–Trinajstić information content (AvgIpc) is 3.21. The number of sulfonamides is 1. The van der Waals surface area contributed by atoms with Crippen molar-refractivity contribution in [3.63, 3.8) is 0 Å². The second kappa shape index (κ2) is 8.44. The van der Waals surface area contributed by atoms with Gasteiger partial charge in [0.05, 0.1) is 23.3 Å². The maximum absolute atomic E-state index is 13.2.